The van der Waals surface area contributed by atoms with E-state index in [0.29, 0.717) is 33.5 Å². The zero-order valence-corrected chi connectivity index (χ0v) is 19.7. The summed E-state index contributed by atoms with van der Waals surface area (Å²) in [6, 6.07) is 18.0. The predicted octanol–water partition coefficient (Wildman–Crippen LogP) is 5.64. The van der Waals surface area contributed by atoms with Crippen LogP contribution in [0, 0.1) is 0 Å². The van der Waals surface area contributed by atoms with Crippen LogP contribution in [0.15, 0.2) is 72.9 Å². The molecule has 4 aromatic rings. The second-order valence-electron chi connectivity index (χ2n) is 8.25. The summed E-state index contributed by atoms with van der Waals surface area (Å²) in [4.78, 5) is 11.6. The van der Waals surface area contributed by atoms with Crippen molar-refractivity contribution in [3.05, 3.63) is 95.2 Å². The van der Waals surface area contributed by atoms with Crippen LogP contribution in [-0.2, 0) is 23.9 Å². The van der Waals surface area contributed by atoms with Crippen LogP contribution >= 0.6 is 0 Å². The number of alkyl halides is 3. The molecule has 0 radical (unpaired) electrons. The van der Waals surface area contributed by atoms with E-state index >= 15 is 0 Å². The lowest BCUT2D eigenvalue weighted by molar-refractivity contribution is -0.138. The molecule has 0 bridgehead atoms. The molecule has 4 rings (SSSR count). The van der Waals surface area contributed by atoms with Crippen molar-refractivity contribution in [3.8, 4) is 11.5 Å². The highest BCUT2D eigenvalue weighted by Crippen LogP contribution is 2.37. The van der Waals surface area contributed by atoms with Gasteiger partial charge in [0, 0.05) is 24.2 Å². The van der Waals surface area contributed by atoms with Crippen LogP contribution in [-0.4, -0.2) is 29.9 Å². The number of methoxy groups -OCH3 is 2. The SMILES string of the molecule is COc1cc2c(CC(=O)O)cn(C(NCc3cccc(C(F)(F)F)c3)c3ccccc3)c2cc1OC. The molecule has 0 aliphatic carbocycles. The molecule has 188 valence electrons. The number of rotatable bonds is 9. The van der Waals surface area contributed by atoms with Crippen LogP contribution in [0.5, 0.6) is 11.5 Å². The van der Waals surface area contributed by atoms with Gasteiger partial charge in [-0.1, -0.05) is 48.5 Å². The van der Waals surface area contributed by atoms with Crippen LogP contribution in [0.1, 0.15) is 28.4 Å². The quantitative estimate of drug-likeness (QED) is 0.313. The maximum Gasteiger partial charge on any atom is 0.416 e. The van der Waals surface area contributed by atoms with E-state index in [0.717, 1.165) is 17.7 Å². The third kappa shape index (κ3) is 5.31. The molecule has 6 nitrogen and oxygen atoms in total. The third-order valence-corrected chi connectivity index (χ3v) is 5.91. The van der Waals surface area contributed by atoms with Gasteiger partial charge in [0.05, 0.1) is 31.7 Å². The Morgan fingerprint density at radius 3 is 2.33 bits per heavy atom. The van der Waals surface area contributed by atoms with Crippen LogP contribution in [0.2, 0.25) is 0 Å². The summed E-state index contributed by atoms with van der Waals surface area (Å²) in [5.41, 5.74) is 1.85. The summed E-state index contributed by atoms with van der Waals surface area (Å²) < 4.78 is 52.4. The molecule has 9 heteroatoms. The van der Waals surface area contributed by atoms with Crippen molar-refractivity contribution in [3.63, 3.8) is 0 Å². The van der Waals surface area contributed by atoms with Gasteiger partial charge in [0.1, 0.15) is 6.17 Å². The zero-order chi connectivity index (χ0) is 25.9. The number of fused-ring (bicyclic) bond motifs is 1. The van der Waals surface area contributed by atoms with E-state index < -0.39 is 23.9 Å². The summed E-state index contributed by atoms with van der Waals surface area (Å²) in [6.45, 7) is 0.144. The average Bonchev–Trinajstić information content (AvgIpc) is 3.19. The minimum Gasteiger partial charge on any atom is -0.493 e. The number of carbonyl (C=O) groups is 1. The number of nitrogens with one attached hydrogen (secondary N) is 1. The highest BCUT2D eigenvalue weighted by molar-refractivity contribution is 5.90. The molecule has 1 heterocycles. The Bertz CT molecular complexity index is 1370. The fourth-order valence-electron chi connectivity index (χ4n) is 4.25. The number of hydrogen-bond donors (Lipinski definition) is 2. The first-order valence-corrected chi connectivity index (χ1v) is 11.1. The monoisotopic (exact) mass is 498 g/mol. The minimum atomic E-state index is -4.44. The van der Waals surface area contributed by atoms with Crippen molar-refractivity contribution in [2.75, 3.05) is 14.2 Å². The standard InChI is InChI=1S/C27H25F3N2O4/c1-35-23-13-21-19(12-25(33)34)16-32(22(21)14-24(23)36-2)26(18-8-4-3-5-9-18)31-15-17-7-6-10-20(11-17)27(28,29)30/h3-11,13-14,16,26,31H,12,15H2,1-2H3,(H,33,34). The Labute approximate surface area is 205 Å². The molecule has 0 saturated heterocycles. The van der Waals surface area contributed by atoms with Crippen molar-refractivity contribution >= 4 is 16.9 Å². The second-order valence-corrected chi connectivity index (χ2v) is 8.25. The summed E-state index contributed by atoms with van der Waals surface area (Å²) in [5, 5.41) is 13.5. The molecule has 1 unspecified atom stereocenters. The highest BCUT2D eigenvalue weighted by Gasteiger charge is 2.30. The predicted molar refractivity (Wildman–Crippen MR) is 129 cm³/mol. The molecule has 1 atom stereocenters. The molecule has 0 aliphatic heterocycles. The number of benzene rings is 3. The van der Waals surface area contributed by atoms with E-state index in [1.165, 1.54) is 20.3 Å². The first-order valence-electron chi connectivity index (χ1n) is 11.1. The van der Waals surface area contributed by atoms with Crippen LogP contribution < -0.4 is 14.8 Å². The van der Waals surface area contributed by atoms with E-state index in [2.05, 4.69) is 5.32 Å². The fourth-order valence-corrected chi connectivity index (χ4v) is 4.25. The van der Waals surface area contributed by atoms with E-state index in [1.807, 2.05) is 34.9 Å². The molecule has 0 fully saturated rings. The van der Waals surface area contributed by atoms with Crippen molar-refractivity contribution in [1.29, 1.82) is 0 Å². The van der Waals surface area contributed by atoms with E-state index in [9.17, 15) is 23.1 Å². The molecule has 0 aliphatic rings. The first-order chi connectivity index (χ1) is 17.2. The van der Waals surface area contributed by atoms with Crippen molar-refractivity contribution in [1.82, 2.24) is 9.88 Å². The summed E-state index contributed by atoms with van der Waals surface area (Å²) >= 11 is 0. The zero-order valence-electron chi connectivity index (χ0n) is 19.7. The van der Waals surface area contributed by atoms with E-state index in [1.54, 1.807) is 24.4 Å². The average molecular weight is 499 g/mol. The van der Waals surface area contributed by atoms with Crippen molar-refractivity contribution in [2.45, 2.75) is 25.3 Å². The lowest BCUT2D eigenvalue weighted by Gasteiger charge is -2.23. The van der Waals surface area contributed by atoms with Gasteiger partial charge in [0.15, 0.2) is 11.5 Å². The number of aromatic nitrogens is 1. The number of nitrogens with zero attached hydrogens (tertiary/aromatic N) is 1. The molecule has 0 saturated carbocycles. The number of aliphatic carboxylic acids is 1. The molecular weight excluding hydrogens is 473 g/mol. The summed E-state index contributed by atoms with van der Waals surface area (Å²) in [7, 11) is 3.01. The molecule has 0 amide bonds. The largest absolute Gasteiger partial charge is 0.493 e. The smallest absolute Gasteiger partial charge is 0.416 e. The summed E-state index contributed by atoms with van der Waals surface area (Å²) in [6.07, 6.45) is -3.42. The van der Waals surface area contributed by atoms with Gasteiger partial charge in [-0.15, -0.1) is 0 Å². The Morgan fingerprint density at radius 1 is 1.00 bits per heavy atom. The Balaban J connectivity index is 1.81. The normalized spacial score (nSPS) is 12.5. The highest BCUT2D eigenvalue weighted by atomic mass is 19.4. The number of hydrogen-bond acceptors (Lipinski definition) is 4. The van der Waals surface area contributed by atoms with Crippen LogP contribution in [0.3, 0.4) is 0 Å². The van der Waals surface area contributed by atoms with Gasteiger partial charge >= 0.3 is 12.1 Å². The van der Waals surface area contributed by atoms with Gasteiger partial charge in [0.25, 0.3) is 0 Å². The molecule has 2 N–H and O–H groups in total. The molecule has 0 spiro atoms. The minimum absolute atomic E-state index is 0.144. The van der Waals surface area contributed by atoms with Crippen LogP contribution in [0.25, 0.3) is 10.9 Å². The second kappa shape index (κ2) is 10.3. The van der Waals surface area contributed by atoms with Crippen molar-refractivity contribution in [2.24, 2.45) is 0 Å². The topological polar surface area (TPSA) is 72.7 Å². The number of carboxylic acids is 1. The van der Waals surface area contributed by atoms with E-state index in [4.69, 9.17) is 9.47 Å². The number of halogens is 3. The van der Waals surface area contributed by atoms with Gasteiger partial charge in [-0.3, -0.25) is 10.1 Å². The first kappa shape index (κ1) is 25.1. The lowest BCUT2D eigenvalue weighted by atomic mass is 10.1. The molecule has 36 heavy (non-hydrogen) atoms. The van der Waals surface area contributed by atoms with Gasteiger partial charge in [-0.2, -0.15) is 13.2 Å². The van der Waals surface area contributed by atoms with Crippen LogP contribution in [0.4, 0.5) is 13.2 Å². The lowest BCUT2D eigenvalue weighted by Crippen LogP contribution is -2.27. The van der Waals surface area contributed by atoms with Gasteiger partial charge < -0.3 is 19.1 Å². The van der Waals surface area contributed by atoms with E-state index in [-0.39, 0.29) is 13.0 Å². The molecule has 3 aromatic carbocycles. The Morgan fingerprint density at radius 2 is 1.69 bits per heavy atom. The summed E-state index contributed by atoms with van der Waals surface area (Å²) in [5.74, 6) is -0.0597. The fraction of sp³-hybridized carbons (Fsp3) is 0.222. The maximum atomic E-state index is 13.2. The molecule has 1 aromatic heterocycles. The maximum absolute atomic E-state index is 13.2. The third-order valence-electron chi connectivity index (χ3n) is 5.91. The van der Waals surface area contributed by atoms with Gasteiger partial charge in [-0.05, 0) is 28.8 Å². The Hall–Kier alpha value is -3.98. The van der Waals surface area contributed by atoms with Gasteiger partial charge in [-0.25, -0.2) is 0 Å². The number of carboxylic acid groups (broad SMARTS) is 1. The van der Waals surface area contributed by atoms with Gasteiger partial charge in [0.2, 0.25) is 0 Å². The Kier molecular flexibility index (Phi) is 7.21. The van der Waals surface area contributed by atoms with Crippen molar-refractivity contribution < 1.29 is 32.5 Å². The molecular formula is C27H25F3N2O4. The number of ether oxygens (including phenoxy) is 2.